The fourth-order valence-corrected chi connectivity index (χ4v) is 3.65. The first-order chi connectivity index (χ1) is 14.0. The molecular weight excluding hydrogens is 374 g/mol. The summed E-state index contributed by atoms with van der Waals surface area (Å²) in [4.78, 5) is 30.3. The van der Waals surface area contributed by atoms with E-state index in [4.69, 9.17) is 9.84 Å². The van der Waals surface area contributed by atoms with Gasteiger partial charge in [-0.2, -0.15) is 4.98 Å². The van der Waals surface area contributed by atoms with Gasteiger partial charge in [-0.1, -0.05) is 12.1 Å². The lowest BCUT2D eigenvalue weighted by Gasteiger charge is -2.12. The number of nitrogens with zero attached hydrogens (tertiary/aromatic N) is 5. The molecule has 29 heavy (non-hydrogen) atoms. The Balaban J connectivity index is 2.07. The maximum atomic E-state index is 13.1. The number of hydrogen-bond acceptors (Lipinski definition) is 5. The molecule has 0 spiro atoms. The highest BCUT2D eigenvalue weighted by Crippen LogP contribution is 2.27. The molecule has 3 aromatic heterocycles. The molecule has 0 radical (unpaired) electrons. The predicted octanol–water partition coefficient (Wildman–Crippen LogP) is 1.23. The van der Waals surface area contributed by atoms with E-state index < -0.39 is 11.2 Å². The van der Waals surface area contributed by atoms with E-state index in [0.717, 1.165) is 15.9 Å². The third-order valence-corrected chi connectivity index (χ3v) is 4.97. The van der Waals surface area contributed by atoms with Crippen molar-refractivity contribution < 1.29 is 9.84 Å². The van der Waals surface area contributed by atoms with E-state index in [1.165, 1.54) is 4.57 Å². The monoisotopic (exact) mass is 397 g/mol. The molecule has 9 nitrogen and oxygen atoms in total. The zero-order valence-electron chi connectivity index (χ0n) is 16.6. The third-order valence-electron chi connectivity index (χ3n) is 4.97. The number of aliphatic hydroxyl groups is 1. The molecule has 3 heterocycles. The summed E-state index contributed by atoms with van der Waals surface area (Å²) in [6, 6.07) is 7.62. The second kappa shape index (κ2) is 7.25. The lowest BCUT2D eigenvalue weighted by atomic mass is 10.3. The standard InChI is InChI=1S/C20H23N5O4/c1-4-29-15-9-6-5-8-14(15)25-13(2)12-24-16-17(21-19(24)25)22(3)20(28)23(18(16)27)10-7-11-26/h5-6,8-9,12,26H,4,7,10-11H2,1-3H3. The largest absolute Gasteiger partial charge is 0.492 e. The zero-order chi connectivity index (χ0) is 20.7. The number of aromatic nitrogens is 5. The van der Waals surface area contributed by atoms with E-state index in [2.05, 4.69) is 4.98 Å². The van der Waals surface area contributed by atoms with Crippen molar-refractivity contribution in [3.63, 3.8) is 0 Å². The summed E-state index contributed by atoms with van der Waals surface area (Å²) in [5, 5.41) is 9.10. The van der Waals surface area contributed by atoms with Crippen molar-refractivity contribution in [1.82, 2.24) is 23.1 Å². The third kappa shape index (κ3) is 2.85. The van der Waals surface area contributed by atoms with Crippen LogP contribution in [-0.2, 0) is 13.6 Å². The van der Waals surface area contributed by atoms with E-state index in [1.807, 2.05) is 48.9 Å². The molecule has 0 atom stereocenters. The Morgan fingerprint density at radius 1 is 1.21 bits per heavy atom. The van der Waals surface area contributed by atoms with E-state index in [0.29, 0.717) is 35.7 Å². The van der Waals surface area contributed by atoms with Gasteiger partial charge in [0.25, 0.3) is 5.56 Å². The molecule has 1 aromatic carbocycles. The number of para-hydroxylation sites is 2. The van der Waals surface area contributed by atoms with Crippen molar-refractivity contribution >= 4 is 16.9 Å². The fourth-order valence-electron chi connectivity index (χ4n) is 3.65. The Bertz CT molecular complexity index is 1320. The molecule has 152 valence electrons. The summed E-state index contributed by atoms with van der Waals surface area (Å²) >= 11 is 0. The van der Waals surface area contributed by atoms with Crippen LogP contribution in [0.1, 0.15) is 19.0 Å². The Hall–Kier alpha value is -3.33. The van der Waals surface area contributed by atoms with E-state index >= 15 is 0 Å². The summed E-state index contributed by atoms with van der Waals surface area (Å²) < 4.78 is 11.9. The molecule has 0 amide bonds. The molecule has 0 aliphatic rings. The molecule has 0 saturated carbocycles. The average molecular weight is 397 g/mol. The van der Waals surface area contributed by atoms with Gasteiger partial charge in [0.15, 0.2) is 11.2 Å². The highest BCUT2D eigenvalue weighted by atomic mass is 16.5. The molecule has 0 aliphatic heterocycles. The van der Waals surface area contributed by atoms with Crippen LogP contribution in [0.15, 0.2) is 40.1 Å². The topological polar surface area (TPSA) is 95.7 Å². The predicted molar refractivity (Wildman–Crippen MR) is 109 cm³/mol. The van der Waals surface area contributed by atoms with Gasteiger partial charge in [-0.05, 0) is 32.4 Å². The van der Waals surface area contributed by atoms with Crippen LogP contribution in [0.2, 0.25) is 0 Å². The lowest BCUT2D eigenvalue weighted by molar-refractivity contribution is 0.277. The Kier molecular flexibility index (Phi) is 4.75. The maximum Gasteiger partial charge on any atom is 0.332 e. The van der Waals surface area contributed by atoms with Gasteiger partial charge < -0.3 is 9.84 Å². The molecule has 9 heteroatoms. The smallest absolute Gasteiger partial charge is 0.332 e. The van der Waals surface area contributed by atoms with Gasteiger partial charge >= 0.3 is 5.69 Å². The first-order valence-electron chi connectivity index (χ1n) is 9.52. The van der Waals surface area contributed by atoms with E-state index in [-0.39, 0.29) is 13.2 Å². The van der Waals surface area contributed by atoms with Crippen LogP contribution in [0.3, 0.4) is 0 Å². The molecular formula is C20H23N5O4. The van der Waals surface area contributed by atoms with Crippen LogP contribution >= 0.6 is 0 Å². The Morgan fingerprint density at radius 2 is 1.97 bits per heavy atom. The average Bonchev–Trinajstić information content (AvgIpc) is 3.22. The summed E-state index contributed by atoms with van der Waals surface area (Å²) in [6.07, 6.45) is 2.15. The first kappa shape index (κ1) is 19.0. The van der Waals surface area contributed by atoms with Gasteiger partial charge in [0.2, 0.25) is 5.78 Å². The van der Waals surface area contributed by atoms with Crippen LogP contribution in [0.5, 0.6) is 5.75 Å². The van der Waals surface area contributed by atoms with E-state index in [9.17, 15) is 9.59 Å². The van der Waals surface area contributed by atoms with Crippen LogP contribution < -0.4 is 16.0 Å². The number of aryl methyl sites for hydroxylation is 2. The zero-order valence-corrected chi connectivity index (χ0v) is 16.6. The van der Waals surface area contributed by atoms with Crippen molar-refractivity contribution in [3.05, 3.63) is 57.0 Å². The number of fused-ring (bicyclic) bond motifs is 3. The lowest BCUT2D eigenvalue weighted by Crippen LogP contribution is -2.39. The fraction of sp³-hybridized carbons (Fsp3) is 0.350. The number of aliphatic hydroxyl groups excluding tert-OH is 1. The molecule has 0 aliphatic carbocycles. The molecule has 4 aromatic rings. The van der Waals surface area contributed by atoms with E-state index in [1.54, 1.807) is 11.4 Å². The van der Waals surface area contributed by atoms with Gasteiger partial charge in [0.05, 0.1) is 12.3 Å². The molecule has 4 rings (SSSR count). The van der Waals surface area contributed by atoms with Crippen LogP contribution in [0.25, 0.3) is 22.6 Å². The highest BCUT2D eigenvalue weighted by molar-refractivity contribution is 5.76. The second-order valence-electron chi connectivity index (χ2n) is 6.84. The number of rotatable bonds is 6. The minimum Gasteiger partial charge on any atom is -0.492 e. The van der Waals surface area contributed by atoms with Crippen molar-refractivity contribution in [3.8, 4) is 11.4 Å². The van der Waals surface area contributed by atoms with Crippen molar-refractivity contribution in [2.45, 2.75) is 26.8 Å². The second-order valence-corrected chi connectivity index (χ2v) is 6.84. The quantitative estimate of drug-likeness (QED) is 0.528. The molecule has 0 fully saturated rings. The van der Waals surface area contributed by atoms with Crippen LogP contribution in [0, 0.1) is 6.92 Å². The molecule has 0 bridgehead atoms. The first-order valence-corrected chi connectivity index (χ1v) is 9.52. The van der Waals surface area contributed by atoms with Gasteiger partial charge in [-0.3, -0.25) is 22.9 Å². The summed E-state index contributed by atoms with van der Waals surface area (Å²) in [7, 11) is 1.59. The number of ether oxygens (including phenoxy) is 1. The molecule has 0 saturated heterocycles. The SMILES string of the molecule is CCOc1ccccc1-n1c(C)cn2c3c(=O)n(CCCO)c(=O)n(C)c3nc12. The molecule has 1 N–H and O–H groups in total. The van der Waals surface area contributed by atoms with Crippen molar-refractivity contribution in [2.75, 3.05) is 13.2 Å². The van der Waals surface area contributed by atoms with Crippen molar-refractivity contribution in [2.24, 2.45) is 7.05 Å². The van der Waals surface area contributed by atoms with Gasteiger partial charge in [-0.25, -0.2) is 4.79 Å². The number of hydrogen-bond donors (Lipinski definition) is 1. The highest BCUT2D eigenvalue weighted by Gasteiger charge is 2.21. The maximum absolute atomic E-state index is 13.1. The molecule has 0 unspecified atom stereocenters. The Morgan fingerprint density at radius 3 is 2.69 bits per heavy atom. The van der Waals surface area contributed by atoms with Gasteiger partial charge in [0, 0.05) is 32.1 Å². The van der Waals surface area contributed by atoms with Gasteiger partial charge in [-0.15, -0.1) is 0 Å². The van der Waals surface area contributed by atoms with Crippen LogP contribution in [-0.4, -0.2) is 41.4 Å². The Labute approximate surface area is 166 Å². The van der Waals surface area contributed by atoms with Gasteiger partial charge in [0.1, 0.15) is 5.75 Å². The summed E-state index contributed by atoms with van der Waals surface area (Å²) in [5.74, 6) is 1.23. The summed E-state index contributed by atoms with van der Waals surface area (Å²) in [6.45, 7) is 4.42. The van der Waals surface area contributed by atoms with Crippen molar-refractivity contribution in [1.29, 1.82) is 0 Å². The summed E-state index contributed by atoms with van der Waals surface area (Å²) in [5.41, 5.74) is 1.46. The minimum atomic E-state index is -0.449. The number of benzene rings is 1. The van der Waals surface area contributed by atoms with Crippen LogP contribution in [0.4, 0.5) is 0 Å². The minimum absolute atomic E-state index is 0.0981. The normalized spacial score (nSPS) is 11.6. The number of imidazole rings is 2.